The van der Waals surface area contributed by atoms with Gasteiger partial charge >= 0.3 is 24.3 Å². The molecule has 15 heteroatoms. The van der Waals surface area contributed by atoms with Gasteiger partial charge in [0.15, 0.2) is 0 Å². The van der Waals surface area contributed by atoms with Crippen LogP contribution in [0.15, 0.2) is 47.2 Å². The van der Waals surface area contributed by atoms with Gasteiger partial charge in [-0.25, -0.2) is 14.6 Å². The topological polar surface area (TPSA) is 116 Å². The standard InChI is InChI=1S/C18H23N3O2.2C2HF3O2/c1-2-8-19-17(6-1)21-9-4-7-18(15-21)14-20(10-12-23-18)13-16-5-3-11-22-16;2*3-2(4,5)1(6)7/h1-3,5-6,8,11H,4,7,9-10,12-15H2;2*(H,6,7). The average molecular weight is 541 g/mol. The Morgan fingerprint density at radius 1 is 0.973 bits per heavy atom. The third-order valence-electron chi connectivity index (χ3n) is 5.28. The maximum Gasteiger partial charge on any atom is 0.490 e. The number of hydrogen-bond acceptors (Lipinski definition) is 7. The molecule has 1 unspecified atom stereocenters. The fourth-order valence-electron chi connectivity index (χ4n) is 3.76. The van der Waals surface area contributed by atoms with Crippen LogP contribution >= 0.6 is 0 Å². The van der Waals surface area contributed by atoms with Crippen molar-refractivity contribution in [2.24, 2.45) is 0 Å². The Balaban J connectivity index is 0.000000286. The number of aliphatic carboxylic acids is 2. The molecule has 0 radical (unpaired) electrons. The number of carboxylic acid groups (broad SMARTS) is 2. The van der Waals surface area contributed by atoms with Crippen LogP contribution in [0.4, 0.5) is 32.2 Å². The van der Waals surface area contributed by atoms with E-state index in [4.69, 9.17) is 29.0 Å². The van der Waals surface area contributed by atoms with Gasteiger partial charge in [0.2, 0.25) is 0 Å². The molecule has 2 aromatic rings. The summed E-state index contributed by atoms with van der Waals surface area (Å²) in [6, 6.07) is 10.1. The number of piperidine rings is 1. The van der Waals surface area contributed by atoms with Crippen LogP contribution in [0.3, 0.4) is 0 Å². The summed E-state index contributed by atoms with van der Waals surface area (Å²) in [7, 11) is 0. The SMILES string of the molecule is O=C(O)C(F)(F)F.O=C(O)C(F)(F)F.c1ccc(N2CCCC3(CN(Cc4ccco4)CCO3)C2)nc1. The van der Waals surface area contributed by atoms with Gasteiger partial charge in [-0.15, -0.1) is 0 Å². The molecule has 2 aliphatic heterocycles. The fraction of sp³-hybridized carbons (Fsp3) is 0.500. The van der Waals surface area contributed by atoms with E-state index in [1.807, 2.05) is 24.4 Å². The van der Waals surface area contributed by atoms with E-state index < -0.39 is 24.3 Å². The van der Waals surface area contributed by atoms with Crippen LogP contribution in [0.1, 0.15) is 18.6 Å². The lowest BCUT2D eigenvalue weighted by Gasteiger charge is -2.48. The van der Waals surface area contributed by atoms with Crippen molar-refractivity contribution in [2.75, 3.05) is 37.7 Å². The molecule has 1 spiro atoms. The zero-order valence-corrected chi connectivity index (χ0v) is 19.3. The summed E-state index contributed by atoms with van der Waals surface area (Å²) >= 11 is 0. The second-order valence-electron chi connectivity index (χ2n) is 8.14. The second kappa shape index (κ2) is 12.8. The maximum absolute atomic E-state index is 10.6. The minimum Gasteiger partial charge on any atom is -0.475 e. The number of anilines is 1. The van der Waals surface area contributed by atoms with E-state index in [1.165, 1.54) is 0 Å². The number of rotatable bonds is 3. The Morgan fingerprint density at radius 2 is 1.62 bits per heavy atom. The highest BCUT2D eigenvalue weighted by Gasteiger charge is 2.41. The van der Waals surface area contributed by atoms with Crippen LogP contribution in [-0.2, 0) is 20.9 Å². The molecule has 9 nitrogen and oxygen atoms in total. The number of morpholine rings is 1. The van der Waals surface area contributed by atoms with Crippen molar-refractivity contribution in [3.05, 3.63) is 48.6 Å². The van der Waals surface area contributed by atoms with E-state index in [-0.39, 0.29) is 5.60 Å². The minimum atomic E-state index is -5.08. The van der Waals surface area contributed by atoms with Gasteiger partial charge in [0, 0.05) is 32.4 Å². The van der Waals surface area contributed by atoms with Crippen LogP contribution in [-0.4, -0.2) is 82.8 Å². The summed E-state index contributed by atoms with van der Waals surface area (Å²) in [4.78, 5) is 27.1. The number of carboxylic acids is 2. The average Bonchev–Trinajstić information content (AvgIpc) is 3.32. The van der Waals surface area contributed by atoms with Crippen molar-refractivity contribution in [1.82, 2.24) is 9.88 Å². The monoisotopic (exact) mass is 541 g/mol. The summed E-state index contributed by atoms with van der Waals surface area (Å²) in [5, 5.41) is 14.2. The van der Waals surface area contributed by atoms with Gasteiger partial charge < -0.3 is 24.3 Å². The molecule has 206 valence electrons. The highest BCUT2D eigenvalue weighted by atomic mass is 19.4. The highest BCUT2D eigenvalue weighted by molar-refractivity contribution is 5.73. The normalized spacial score (nSPS) is 20.3. The molecular weight excluding hydrogens is 516 g/mol. The Kier molecular flexibility index (Phi) is 10.3. The predicted octanol–water partition coefficient (Wildman–Crippen LogP) is 3.81. The second-order valence-corrected chi connectivity index (χ2v) is 8.14. The van der Waals surface area contributed by atoms with Crippen molar-refractivity contribution in [3.63, 3.8) is 0 Å². The number of alkyl halides is 6. The number of furan rings is 1. The number of pyridine rings is 1. The molecule has 0 aromatic carbocycles. The molecule has 2 N–H and O–H groups in total. The molecule has 4 heterocycles. The van der Waals surface area contributed by atoms with Gasteiger partial charge in [0.25, 0.3) is 0 Å². The molecule has 2 saturated heterocycles. The number of carbonyl (C=O) groups is 2. The van der Waals surface area contributed by atoms with Crippen LogP contribution in [0.2, 0.25) is 0 Å². The Bertz CT molecular complexity index is 959. The van der Waals surface area contributed by atoms with Crippen LogP contribution in [0.5, 0.6) is 0 Å². The Labute approximate surface area is 207 Å². The Morgan fingerprint density at radius 3 is 2.14 bits per heavy atom. The van der Waals surface area contributed by atoms with Crippen molar-refractivity contribution < 1.29 is 55.3 Å². The first-order chi connectivity index (χ1) is 17.2. The summed E-state index contributed by atoms with van der Waals surface area (Å²) < 4.78 is 75.2. The summed E-state index contributed by atoms with van der Waals surface area (Å²) in [5.74, 6) is -3.43. The minimum absolute atomic E-state index is 0.0827. The molecular formula is C22H25F6N3O6. The van der Waals surface area contributed by atoms with E-state index in [9.17, 15) is 26.3 Å². The van der Waals surface area contributed by atoms with E-state index >= 15 is 0 Å². The van der Waals surface area contributed by atoms with E-state index in [1.54, 1.807) is 6.26 Å². The lowest BCUT2D eigenvalue weighted by molar-refractivity contribution is -0.193. The smallest absolute Gasteiger partial charge is 0.475 e. The summed E-state index contributed by atoms with van der Waals surface area (Å²) in [6.45, 7) is 5.54. The van der Waals surface area contributed by atoms with Gasteiger partial charge in [-0.1, -0.05) is 6.07 Å². The van der Waals surface area contributed by atoms with Gasteiger partial charge in [-0.05, 0) is 37.1 Å². The quantitative estimate of drug-likeness (QED) is 0.560. The highest BCUT2D eigenvalue weighted by Crippen LogP contribution is 2.31. The summed E-state index contributed by atoms with van der Waals surface area (Å²) in [6.07, 6.45) is -4.30. The first-order valence-electron chi connectivity index (χ1n) is 10.9. The number of halogens is 6. The summed E-state index contributed by atoms with van der Waals surface area (Å²) in [5.41, 5.74) is -0.0827. The van der Waals surface area contributed by atoms with E-state index in [0.717, 1.165) is 63.8 Å². The van der Waals surface area contributed by atoms with Crippen molar-refractivity contribution >= 4 is 17.8 Å². The van der Waals surface area contributed by atoms with Crippen molar-refractivity contribution in [2.45, 2.75) is 37.3 Å². The molecule has 0 amide bonds. The lowest BCUT2D eigenvalue weighted by atomic mass is 9.90. The van der Waals surface area contributed by atoms with Crippen LogP contribution in [0.25, 0.3) is 0 Å². The fourth-order valence-corrected chi connectivity index (χ4v) is 3.76. The maximum atomic E-state index is 10.6. The third-order valence-corrected chi connectivity index (χ3v) is 5.28. The molecule has 0 saturated carbocycles. The first-order valence-corrected chi connectivity index (χ1v) is 10.9. The molecule has 2 aromatic heterocycles. The molecule has 0 bridgehead atoms. The van der Waals surface area contributed by atoms with E-state index in [0.29, 0.717) is 0 Å². The van der Waals surface area contributed by atoms with Crippen LogP contribution in [0, 0.1) is 0 Å². The predicted molar refractivity (Wildman–Crippen MR) is 116 cm³/mol. The number of nitrogens with zero attached hydrogens (tertiary/aromatic N) is 3. The molecule has 2 fully saturated rings. The van der Waals surface area contributed by atoms with Gasteiger partial charge in [0.1, 0.15) is 11.6 Å². The number of aromatic nitrogens is 1. The van der Waals surface area contributed by atoms with Gasteiger partial charge in [-0.3, -0.25) is 4.90 Å². The largest absolute Gasteiger partial charge is 0.490 e. The lowest BCUT2D eigenvalue weighted by Crippen LogP contribution is -2.59. The molecule has 37 heavy (non-hydrogen) atoms. The Hall–Kier alpha value is -3.33. The van der Waals surface area contributed by atoms with Gasteiger partial charge in [-0.2, -0.15) is 26.3 Å². The van der Waals surface area contributed by atoms with Crippen molar-refractivity contribution in [1.29, 1.82) is 0 Å². The molecule has 2 aliphatic rings. The van der Waals surface area contributed by atoms with Crippen LogP contribution < -0.4 is 4.90 Å². The zero-order valence-electron chi connectivity index (χ0n) is 19.3. The van der Waals surface area contributed by atoms with E-state index in [2.05, 4.69) is 26.9 Å². The molecule has 1 atom stereocenters. The van der Waals surface area contributed by atoms with Crippen molar-refractivity contribution in [3.8, 4) is 0 Å². The number of ether oxygens (including phenoxy) is 1. The third kappa shape index (κ3) is 9.92. The first kappa shape index (κ1) is 29.9. The van der Waals surface area contributed by atoms with Gasteiger partial charge in [0.05, 0.1) is 25.0 Å². The molecule has 0 aliphatic carbocycles. The number of hydrogen-bond donors (Lipinski definition) is 2. The molecule has 4 rings (SSSR count). The zero-order chi connectivity index (χ0) is 27.7.